The molecule has 8 heavy (non-hydrogen) atoms. The molecule has 0 aliphatic heterocycles. The Labute approximate surface area is 44.4 Å². The molecule has 0 aromatic rings. The second kappa shape index (κ2) is 2.07. The van der Waals surface area contributed by atoms with E-state index >= 15 is 0 Å². The van der Waals surface area contributed by atoms with E-state index in [0.29, 0.717) is 0 Å². The van der Waals surface area contributed by atoms with Gasteiger partial charge in [0.05, 0.1) is 11.8 Å². The van der Waals surface area contributed by atoms with Gasteiger partial charge in [-0.25, -0.2) is 0 Å². The van der Waals surface area contributed by atoms with Crippen LogP contribution in [0.25, 0.3) is 0 Å². The fourth-order valence-electron chi connectivity index (χ4n) is 0.237. The van der Waals surface area contributed by atoms with E-state index in [9.17, 15) is 13.2 Å². The van der Waals surface area contributed by atoms with E-state index in [1.807, 2.05) is 0 Å². The Balaban J connectivity index is 3.89. The van der Waals surface area contributed by atoms with Gasteiger partial charge in [-0.05, 0) is 6.92 Å². The summed E-state index contributed by atoms with van der Waals surface area (Å²) < 4.78 is 33.2. The van der Waals surface area contributed by atoms with E-state index in [1.165, 1.54) is 0 Å². The Morgan fingerprint density at radius 3 is 1.88 bits per heavy atom. The molecule has 0 spiro atoms. The van der Waals surface area contributed by atoms with Gasteiger partial charge in [0.15, 0.2) is 0 Å². The Morgan fingerprint density at radius 2 is 1.88 bits per heavy atom. The second-order valence-electron chi connectivity index (χ2n) is 1.33. The first-order valence-corrected chi connectivity index (χ1v) is 1.87. The van der Waals surface area contributed by atoms with Gasteiger partial charge in [-0.3, -0.25) is 0 Å². The molecule has 0 saturated carbocycles. The molecular formula is C4H5F3O. The van der Waals surface area contributed by atoms with Crippen molar-refractivity contribution in [1.29, 1.82) is 0 Å². The maximum Gasteiger partial charge on any atom is 0.412 e. The van der Waals surface area contributed by atoms with Crippen LogP contribution in [0.1, 0.15) is 6.92 Å². The highest BCUT2D eigenvalue weighted by molar-refractivity contribution is 4.91. The quantitative estimate of drug-likeness (QED) is 0.492. The van der Waals surface area contributed by atoms with Crippen molar-refractivity contribution in [2.75, 3.05) is 0 Å². The highest BCUT2D eigenvalue weighted by atomic mass is 19.4. The zero-order chi connectivity index (χ0) is 6.78. The lowest BCUT2D eigenvalue weighted by Gasteiger charge is -1.96. The predicted molar refractivity (Wildman–Crippen MR) is 22.4 cm³/mol. The number of rotatable bonds is 0. The van der Waals surface area contributed by atoms with Gasteiger partial charge in [0.25, 0.3) is 0 Å². The minimum Gasteiger partial charge on any atom is -0.513 e. The Kier molecular flexibility index (Phi) is 1.89. The van der Waals surface area contributed by atoms with Crippen molar-refractivity contribution in [2.24, 2.45) is 0 Å². The third-order valence-electron chi connectivity index (χ3n) is 0.373. The number of aliphatic hydroxyl groups is 1. The fraction of sp³-hybridized carbons (Fsp3) is 0.500. The van der Waals surface area contributed by atoms with Crippen LogP contribution in [0, 0.1) is 0 Å². The minimum absolute atomic E-state index is 0.174. The Morgan fingerprint density at radius 1 is 1.50 bits per heavy atom. The van der Waals surface area contributed by atoms with Gasteiger partial charge in [0.2, 0.25) is 0 Å². The molecule has 0 rings (SSSR count). The Hall–Kier alpha value is -0.670. The molecule has 4 heteroatoms. The minimum atomic E-state index is -4.39. The normalized spacial score (nSPS) is 14.2. The Bertz CT molecular complexity index is 98.3. The number of alkyl halides is 3. The first-order valence-electron chi connectivity index (χ1n) is 1.87. The predicted octanol–water partition coefficient (Wildman–Crippen LogP) is 2.01. The topological polar surface area (TPSA) is 20.2 Å². The van der Waals surface area contributed by atoms with Gasteiger partial charge in [0, 0.05) is 0 Å². The first kappa shape index (κ1) is 7.33. The van der Waals surface area contributed by atoms with Crippen molar-refractivity contribution in [2.45, 2.75) is 13.1 Å². The average Bonchev–Trinajstić information content (AvgIpc) is 1.21. The van der Waals surface area contributed by atoms with E-state index in [4.69, 9.17) is 5.11 Å². The van der Waals surface area contributed by atoms with Crippen molar-refractivity contribution in [1.82, 2.24) is 0 Å². The van der Waals surface area contributed by atoms with E-state index in [0.717, 1.165) is 6.92 Å². The summed E-state index contributed by atoms with van der Waals surface area (Å²) in [5, 5.41) is 8.03. The lowest BCUT2D eigenvalue weighted by molar-refractivity contribution is -0.0820. The number of aliphatic hydroxyl groups excluding tert-OH is 1. The van der Waals surface area contributed by atoms with Gasteiger partial charge in [-0.2, -0.15) is 13.2 Å². The number of hydrogen-bond acceptors (Lipinski definition) is 1. The molecule has 0 aromatic carbocycles. The van der Waals surface area contributed by atoms with Gasteiger partial charge in [-0.15, -0.1) is 0 Å². The van der Waals surface area contributed by atoms with Crippen LogP contribution < -0.4 is 0 Å². The van der Waals surface area contributed by atoms with E-state index in [1.54, 1.807) is 0 Å². The summed E-state index contributed by atoms with van der Waals surface area (Å²) in [7, 11) is 0. The molecule has 0 radical (unpaired) electrons. The van der Waals surface area contributed by atoms with Crippen LogP contribution in [0.15, 0.2) is 11.8 Å². The SMILES string of the molecule is CC(O)=CC(F)(F)F. The third-order valence-corrected chi connectivity index (χ3v) is 0.373. The summed E-state index contributed by atoms with van der Waals surface area (Å²) in [4.78, 5) is 0. The molecular weight excluding hydrogens is 121 g/mol. The van der Waals surface area contributed by atoms with Crippen molar-refractivity contribution in [3.05, 3.63) is 11.8 Å². The molecule has 1 nitrogen and oxygen atoms in total. The highest BCUT2D eigenvalue weighted by Gasteiger charge is 2.23. The van der Waals surface area contributed by atoms with E-state index in [-0.39, 0.29) is 6.08 Å². The molecule has 0 fully saturated rings. The van der Waals surface area contributed by atoms with Gasteiger partial charge >= 0.3 is 6.18 Å². The number of hydrogen-bond donors (Lipinski definition) is 1. The van der Waals surface area contributed by atoms with Crippen molar-refractivity contribution < 1.29 is 18.3 Å². The monoisotopic (exact) mass is 126 g/mol. The second-order valence-corrected chi connectivity index (χ2v) is 1.33. The lowest BCUT2D eigenvalue weighted by Crippen LogP contribution is -2.01. The van der Waals surface area contributed by atoms with Crippen LogP contribution in [0.4, 0.5) is 13.2 Å². The van der Waals surface area contributed by atoms with Crippen molar-refractivity contribution in [3.8, 4) is 0 Å². The largest absolute Gasteiger partial charge is 0.513 e. The summed E-state index contributed by atoms with van der Waals surface area (Å²) in [6, 6.07) is 0. The summed E-state index contributed by atoms with van der Waals surface area (Å²) in [6.45, 7) is 0.966. The maximum absolute atomic E-state index is 11.1. The van der Waals surface area contributed by atoms with E-state index in [2.05, 4.69) is 0 Å². The third kappa shape index (κ3) is 5.33. The molecule has 0 unspecified atom stereocenters. The number of allylic oxidation sites excluding steroid dienone is 2. The summed E-state index contributed by atoms with van der Waals surface area (Å²) in [5.41, 5.74) is 0. The first-order chi connectivity index (χ1) is 3.42. The molecule has 0 aromatic heterocycles. The van der Waals surface area contributed by atoms with Crippen molar-refractivity contribution in [3.63, 3.8) is 0 Å². The van der Waals surface area contributed by atoms with Crippen LogP contribution in [0.2, 0.25) is 0 Å². The molecule has 0 saturated heterocycles. The fourth-order valence-corrected chi connectivity index (χ4v) is 0.237. The average molecular weight is 126 g/mol. The molecule has 1 N–H and O–H groups in total. The molecule has 48 valence electrons. The maximum atomic E-state index is 11.1. The van der Waals surface area contributed by atoms with Crippen LogP contribution in [-0.2, 0) is 0 Å². The molecule has 0 amide bonds. The molecule has 0 aliphatic rings. The van der Waals surface area contributed by atoms with Gasteiger partial charge in [-0.1, -0.05) is 0 Å². The lowest BCUT2D eigenvalue weighted by atomic mass is 10.5. The van der Waals surface area contributed by atoms with Gasteiger partial charge in [0.1, 0.15) is 0 Å². The highest BCUT2D eigenvalue weighted by Crippen LogP contribution is 2.16. The standard InChI is InChI=1S/C4H5F3O/c1-3(8)2-4(5,6)7/h2,8H,1H3. The molecule has 0 atom stereocenters. The van der Waals surface area contributed by atoms with Crippen LogP contribution >= 0.6 is 0 Å². The number of halogens is 3. The van der Waals surface area contributed by atoms with Crippen LogP contribution in [0.5, 0.6) is 0 Å². The van der Waals surface area contributed by atoms with E-state index < -0.39 is 11.9 Å². The zero-order valence-electron chi connectivity index (χ0n) is 4.16. The molecule has 0 bridgehead atoms. The molecule has 0 heterocycles. The zero-order valence-corrected chi connectivity index (χ0v) is 4.16. The van der Waals surface area contributed by atoms with Gasteiger partial charge < -0.3 is 5.11 Å². The summed E-state index contributed by atoms with van der Waals surface area (Å²) >= 11 is 0. The smallest absolute Gasteiger partial charge is 0.412 e. The molecule has 0 aliphatic carbocycles. The summed E-state index contributed by atoms with van der Waals surface area (Å²) in [6.07, 6.45) is -4.56. The van der Waals surface area contributed by atoms with Crippen molar-refractivity contribution >= 4 is 0 Å². The summed E-state index contributed by atoms with van der Waals surface area (Å²) in [5.74, 6) is -0.725. The van der Waals surface area contributed by atoms with Crippen LogP contribution in [0.3, 0.4) is 0 Å². The van der Waals surface area contributed by atoms with Crippen LogP contribution in [-0.4, -0.2) is 11.3 Å².